The smallest absolute Gasteiger partial charge is 0.240 e. The Balaban J connectivity index is 2.81. The highest BCUT2D eigenvalue weighted by Crippen LogP contribution is 2.12. The summed E-state index contributed by atoms with van der Waals surface area (Å²) in [5, 5.41) is 0. The number of halogens is 1. The van der Waals surface area contributed by atoms with Gasteiger partial charge in [0.05, 0.1) is 11.5 Å². The van der Waals surface area contributed by atoms with E-state index in [9.17, 15) is 8.42 Å². The molecule has 0 aromatic heterocycles. The lowest BCUT2D eigenvalue weighted by molar-refractivity contribution is 0.204. The number of nitrogens with one attached hydrogen (secondary N) is 1. The Bertz CT molecular complexity index is 433. The molecule has 0 heterocycles. The summed E-state index contributed by atoms with van der Waals surface area (Å²) in [5.41, 5.74) is 0.774. The summed E-state index contributed by atoms with van der Waals surface area (Å²) >= 11 is 5.64. The van der Waals surface area contributed by atoms with Crippen molar-refractivity contribution in [1.82, 2.24) is 4.72 Å². The van der Waals surface area contributed by atoms with E-state index >= 15 is 0 Å². The van der Waals surface area contributed by atoms with Gasteiger partial charge in [-0.3, -0.25) is 0 Å². The third-order valence-corrected chi connectivity index (χ3v) is 3.73. The largest absolute Gasteiger partial charge is 0.383 e. The van der Waals surface area contributed by atoms with E-state index < -0.39 is 10.0 Å². The van der Waals surface area contributed by atoms with E-state index in [-0.39, 0.29) is 11.4 Å². The van der Waals surface area contributed by atoms with Gasteiger partial charge in [0.1, 0.15) is 0 Å². The standard InChI is InChI=1S/C10H14ClNO3S/c1-15-6-5-12-16(13,14)10-4-2-3-9(7-10)8-11/h2-4,7,12H,5-6,8H2,1H3. The number of ether oxygens (including phenoxy) is 1. The van der Waals surface area contributed by atoms with E-state index in [4.69, 9.17) is 16.3 Å². The first-order chi connectivity index (χ1) is 7.60. The molecule has 0 aliphatic carbocycles. The molecule has 90 valence electrons. The third-order valence-electron chi connectivity index (χ3n) is 1.96. The number of rotatable bonds is 6. The summed E-state index contributed by atoms with van der Waals surface area (Å²) in [5.74, 6) is 0.293. The Hall–Kier alpha value is -0.620. The van der Waals surface area contributed by atoms with Gasteiger partial charge in [-0.25, -0.2) is 13.1 Å². The van der Waals surface area contributed by atoms with E-state index in [1.807, 2.05) is 0 Å². The van der Waals surface area contributed by atoms with Crippen LogP contribution in [0.25, 0.3) is 0 Å². The Morgan fingerprint density at radius 1 is 1.44 bits per heavy atom. The van der Waals surface area contributed by atoms with Crippen LogP contribution < -0.4 is 4.72 Å². The minimum Gasteiger partial charge on any atom is -0.383 e. The second-order valence-electron chi connectivity index (χ2n) is 3.17. The van der Waals surface area contributed by atoms with Crippen LogP contribution in [0.4, 0.5) is 0 Å². The van der Waals surface area contributed by atoms with E-state index in [0.29, 0.717) is 12.5 Å². The van der Waals surface area contributed by atoms with Crippen LogP contribution in [0.2, 0.25) is 0 Å². The van der Waals surface area contributed by atoms with Crippen LogP contribution in [0.5, 0.6) is 0 Å². The topological polar surface area (TPSA) is 55.4 Å². The predicted molar refractivity (Wildman–Crippen MR) is 63.1 cm³/mol. The monoisotopic (exact) mass is 263 g/mol. The fourth-order valence-corrected chi connectivity index (χ4v) is 2.41. The maximum atomic E-state index is 11.8. The summed E-state index contributed by atoms with van der Waals surface area (Å²) in [6, 6.07) is 6.54. The molecule has 0 fully saturated rings. The van der Waals surface area contributed by atoms with Gasteiger partial charge in [-0.1, -0.05) is 12.1 Å². The van der Waals surface area contributed by atoms with Crippen LogP contribution in [-0.4, -0.2) is 28.7 Å². The van der Waals surface area contributed by atoms with Crippen molar-refractivity contribution in [3.05, 3.63) is 29.8 Å². The van der Waals surface area contributed by atoms with Crippen molar-refractivity contribution in [2.45, 2.75) is 10.8 Å². The van der Waals surface area contributed by atoms with Gasteiger partial charge in [0.15, 0.2) is 0 Å². The summed E-state index contributed by atoms with van der Waals surface area (Å²) < 4.78 is 30.7. The minimum absolute atomic E-state index is 0.224. The molecule has 0 aliphatic rings. The van der Waals surface area contributed by atoms with Gasteiger partial charge in [-0.05, 0) is 17.7 Å². The highest BCUT2D eigenvalue weighted by molar-refractivity contribution is 7.89. The zero-order chi connectivity index (χ0) is 12.0. The number of sulfonamides is 1. The molecule has 0 atom stereocenters. The van der Waals surface area contributed by atoms with Crippen LogP contribution in [0.15, 0.2) is 29.2 Å². The lowest BCUT2D eigenvalue weighted by Gasteiger charge is -2.06. The van der Waals surface area contributed by atoms with Crippen LogP contribution in [0.3, 0.4) is 0 Å². The van der Waals surface area contributed by atoms with Crippen molar-refractivity contribution in [3.63, 3.8) is 0 Å². The second-order valence-corrected chi connectivity index (χ2v) is 5.21. The first-order valence-electron chi connectivity index (χ1n) is 4.73. The molecular formula is C10H14ClNO3S. The van der Waals surface area contributed by atoms with Crippen LogP contribution in [0.1, 0.15) is 5.56 Å². The van der Waals surface area contributed by atoms with E-state index in [0.717, 1.165) is 5.56 Å². The quantitative estimate of drug-likeness (QED) is 0.623. The van der Waals surface area contributed by atoms with E-state index in [2.05, 4.69) is 4.72 Å². The summed E-state index contributed by atoms with van der Waals surface area (Å²) in [4.78, 5) is 0.224. The van der Waals surface area contributed by atoms with Gasteiger partial charge in [0, 0.05) is 19.5 Å². The predicted octanol–water partition coefficient (Wildman–Crippen LogP) is 1.35. The van der Waals surface area contributed by atoms with Gasteiger partial charge in [-0.2, -0.15) is 0 Å². The molecule has 1 rings (SSSR count). The zero-order valence-corrected chi connectivity index (χ0v) is 10.5. The molecule has 6 heteroatoms. The average molecular weight is 264 g/mol. The van der Waals surface area contributed by atoms with Crippen molar-refractivity contribution in [3.8, 4) is 0 Å². The maximum Gasteiger partial charge on any atom is 0.240 e. The van der Waals surface area contributed by atoms with Gasteiger partial charge in [0.2, 0.25) is 10.0 Å². The van der Waals surface area contributed by atoms with Gasteiger partial charge in [0.25, 0.3) is 0 Å². The molecule has 0 bridgehead atoms. The maximum absolute atomic E-state index is 11.8. The van der Waals surface area contributed by atoms with E-state index in [1.54, 1.807) is 18.2 Å². The minimum atomic E-state index is -3.45. The SMILES string of the molecule is COCCNS(=O)(=O)c1cccc(CCl)c1. The molecule has 0 spiro atoms. The lowest BCUT2D eigenvalue weighted by Crippen LogP contribution is -2.27. The molecule has 0 saturated carbocycles. The third kappa shape index (κ3) is 3.75. The van der Waals surface area contributed by atoms with Gasteiger partial charge in [-0.15, -0.1) is 11.6 Å². The Kier molecular flexibility index (Phi) is 5.21. The summed E-state index contributed by atoms with van der Waals surface area (Å²) in [6.07, 6.45) is 0. The van der Waals surface area contributed by atoms with Gasteiger partial charge >= 0.3 is 0 Å². The molecule has 16 heavy (non-hydrogen) atoms. The lowest BCUT2D eigenvalue weighted by atomic mass is 10.2. The van der Waals surface area contributed by atoms with Crippen LogP contribution in [0, 0.1) is 0 Å². The fraction of sp³-hybridized carbons (Fsp3) is 0.400. The number of methoxy groups -OCH3 is 1. The molecule has 1 N–H and O–H groups in total. The number of benzene rings is 1. The zero-order valence-electron chi connectivity index (χ0n) is 8.94. The van der Waals surface area contributed by atoms with Crippen molar-refractivity contribution < 1.29 is 13.2 Å². The molecule has 0 unspecified atom stereocenters. The molecular weight excluding hydrogens is 250 g/mol. The molecule has 0 saturated heterocycles. The molecule has 4 nitrogen and oxygen atoms in total. The molecule has 1 aromatic carbocycles. The molecule has 0 radical (unpaired) electrons. The average Bonchev–Trinajstić information content (AvgIpc) is 2.29. The molecule has 0 aliphatic heterocycles. The Morgan fingerprint density at radius 2 is 2.19 bits per heavy atom. The first-order valence-corrected chi connectivity index (χ1v) is 6.75. The normalized spacial score (nSPS) is 11.6. The number of hydrogen-bond donors (Lipinski definition) is 1. The van der Waals surface area contributed by atoms with E-state index in [1.165, 1.54) is 13.2 Å². The summed E-state index contributed by atoms with van der Waals surface area (Å²) in [7, 11) is -1.94. The first kappa shape index (κ1) is 13.4. The van der Waals surface area contributed by atoms with Crippen molar-refractivity contribution >= 4 is 21.6 Å². The molecule has 1 aromatic rings. The second kappa shape index (κ2) is 6.20. The van der Waals surface area contributed by atoms with Crippen molar-refractivity contribution in [2.24, 2.45) is 0 Å². The Morgan fingerprint density at radius 3 is 2.81 bits per heavy atom. The highest BCUT2D eigenvalue weighted by atomic mass is 35.5. The van der Waals surface area contributed by atoms with Gasteiger partial charge < -0.3 is 4.74 Å². The fourth-order valence-electron chi connectivity index (χ4n) is 1.16. The van der Waals surface area contributed by atoms with Crippen molar-refractivity contribution in [1.29, 1.82) is 0 Å². The number of hydrogen-bond acceptors (Lipinski definition) is 3. The summed E-state index contributed by atoms with van der Waals surface area (Å²) in [6.45, 7) is 0.596. The Labute approximate surface area is 101 Å². The van der Waals surface area contributed by atoms with Crippen LogP contribution in [-0.2, 0) is 20.6 Å². The molecule has 0 amide bonds. The van der Waals surface area contributed by atoms with Crippen LogP contribution >= 0.6 is 11.6 Å². The number of alkyl halides is 1. The van der Waals surface area contributed by atoms with Crippen molar-refractivity contribution in [2.75, 3.05) is 20.3 Å². The highest BCUT2D eigenvalue weighted by Gasteiger charge is 2.13.